The van der Waals surface area contributed by atoms with Crippen molar-refractivity contribution in [3.63, 3.8) is 0 Å². The molecule has 0 aliphatic carbocycles. The molecule has 0 aromatic carbocycles. The third-order valence-electron chi connectivity index (χ3n) is 2.71. The minimum Gasteiger partial charge on any atom is -0.388 e. The van der Waals surface area contributed by atoms with Gasteiger partial charge < -0.3 is 20.7 Å². The number of nitrogens with zero attached hydrogens (tertiary/aromatic N) is 4. The highest BCUT2D eigenvalue weighted by Crippen LogP contribution is 2.35. The minimum atomic E-state index is -1.20. The normalized spacial score (nSPS) is 30.0. The maximum atomic E-state index is 10.9. The van der Waals surface area contributed by atoms with E-state index in [0.717, 1.165) is 11.3 Å². The van der Waals surface area contributed by atoms with Gasteiger partial charge in [-0.2, -0.15) is 0 Å². The Balaban J connectivity index is 2.16. The number of aromatic nitrogens is 1. The van der Waals surface area contributed by atoms with E-state index >= 15 is 0 Å². The summed E-state index contributed by atoms with van der Waals surface area (Å²) < 4.78 is 5.40. The summed E-state index contributed by atoms with van der Waals surface area (Å²) >= 11 is 1.10. The Morgan fingerprint density at radius 2 is 2.37 bits per heavy atom. The predicted molar refractivity (Wildman–Crippen MR) is 64.3 cm³/mol. The number of ether oxygens (including phenoxy) is 1. The van der Waals surface area contributed by atoms with E-state index in [2.05, 4.69) is 15.0 Å². The lowest BCUT2D eigenvalue weighted by Gasteiger charge is -2.11. The third-order valence-corrected chi connectivity index (χ3v) is 3.61. The van der Waals surface area contributed by atoms with Crippen molar-refractivity contribution in [2.45, 2.75) is 24.4 Å². The molecule has 0 radical (unpaired) electrons. The molecular weight excluding hydrogens is 274 g/mol. The summed E-state index contributed by atoms with van der Waals surface area (Å²) in [6.45, 7) is -0.0979. The molecule has 9 nitrogen and oxygen atoms in total. The van der Waals surface area contributed by atoms with Gasteiger partial charge in [0.2, 0.25) is 0 Å². The number of hydrogen-bond acceptors (Lipinski definition) is 7. The summed E-state index contributed by atoms with van der Waals surface area (Å²) in [5, 5.41) is 24.7. The standard InChI is InChI=1S/C9H11N5O4S/c10-8(17)3-2-19-9(13-3)7-6(16)5(15)4(18-7)1-12-14-11/h2,4-7,15-16H,1H2,(H2,10,17). The molecule has 102 valence electrons. The molecule has 4 N–H and O–H groups in total. The highest BCUT2D eigenvalue weighted by Gasteiger charge is 2.44. The van der Waals surface area contributed by atoms with Crippen LogP contribution >= 0.6 is 11.3 Å². The highest BCUT2D eigenvalue weighted by atomic mass is 32.1. The summed E-state index contributed by atoms with van der Waals surface area (Å²) in [4.78, 5) is 17.4. The van der Waals surface area contributed by atoms with Gasteiger partial charge in [-0.15, -0.1) is 11.3 Å². The lowest BCUT2D eigenvalue weighted by molar-refractivity contribution is 0.0114. The number of hydrogen-bond donors (Lipinski definition) is 3. The van der Waals surface area contributed by atoms with Crippen LogP contribution in [0.15, 0.2) is 10.5 Å². The Labute approximate surface area is 111 Å². The molecule has 4 atom stereocenters. The zero-order valence-corrected chi connectivity index (χ0v) is 10.4. The summed E-state index contributed by atoms with van der Waals surface area (Å²) in [5.41, 5.74) is 13.4. The molecule has 4 unspecified atom stereocenters. The first-order valence-electron chi connectivity index (χ1n) is 5.32. The van der Waals surface area contributed by atoms with Gasteiger partial charge >= 0.3 is 0 Å². The largest absolute Gasteiger partial charge is 0.388 e. The van der Waals surface area contributed by atoms with Crippen LogP contribution < -0.4 is 5.73 Å². The van der Waals surface area contributed by atoms with Crippen molar-refractivity contribution >= 4 is 17.2 Å². The van der Waals surface area contributed by atoms with E-state index < -0.39 is 30.3 Å². The SMILES string of the molecule is [N-]=[N+]=NCC1OC(c2nc(C(N)=O)cs2)C(O)C1O. The molecule has 2 heterocycles. The van der Waals surface area contributed by atoms with Gasteiger partial charge in [0.15, 0.2) is 0 Å². The minimum absolute atomic E-state index is 0.0729. The first-order valence-corrected chi connectivity index (χ1v) is 6.20. The second kappa shape index (κ2) is 5.51. The second-order valence-corrected chi connectivity index (χ2v) is 4.81. The van der Waals surface area contributed by atoms with E-state index in [4.69, 9.17) is 16.0 Å². The molecular formula is C9H11N5O4S. The van der Waals surface area contributed by atoms with Gasteiger partial charge in [0.1, 0.15) is 29.0 Å². The maximum absolute atomic E-state index is 10.9. The molecule has 1 fully saturated rings. The van der Waals surface area contributed by atoms with Crippen LogP contribution in [0.1, 0.15) is 21.6 Å². The average Bonchev–Trinajstić information content (AvgIpc) is 2.95. The number of thiazole rings is 1. The van der Waals surface area contributed by atoms with Crippen LogP contribution in [-0.2, 0) is 4.74 Å². The van der Waals surface area contributed by atoms with Gasteiger partial charge in [0.25, 0.3) is 5.91 Å². The van der Waals surface area contributed by atoms with E-state index in [1.807, 2.05) is 0 Å². The molecule has 1 aliphatic heterocycles. The van der Waals surface area contributed by atoms with E-state index in [1.54, 1.807) is 0 Å². The third kappa shape index (κ3) is 2.67. The first-order chi connectivity index (χ1) is 9.04. The van der Waals surface area contributed by atoms with Crippen molar-refractivity contribution < 1.29 is 19.7 Å². The van der Waals surface area contributed by atoms with E-state index in [-0.39, 0.29) is 12.2 Å². The number of primary amides is 1. The topological polar surface area (TPSA) is 154 Å². The van der Waals surface area contributed by atoms with Crippen molar-refractivity contribution in [2.24, 2.45) is 10.8 Å². The fraction of sp³-hybridized carbons (Fsp3) is 0.556. The molecule has 0 saturated carbocycles. The molecule has 1 aromatic rings. The molecule has 1 amide bonds. The van der Waals surface area contributed by atoms with Gasteiger partial charge in [-0.25, -0.2) is 4.98 Å². The second-order valence-electron chi connectivity index (χ2n) is 3.92. The molecule has 10 heteroatoms. The van der Waals surface area contributed by atoms with Gasteiger partial charge in [0, 0.05) is 10.3 Å². The molecule has 0 spiro atoms. The number of azide groups is 1. The van der Waals surface area contributed by atoms with Gasteiger partial charge in [-0.1, -0.05) is 5.11 Å². The zero-order valence-electron chi connectivity index (χ0n) is 9.58. The molecule has 1 aromatic heterocycles. The van der Waals surface area contributed by atoms with Crippen molar-refractivity contribution in [3.05, 3.63) is 26.5 Å². The number of carbonyl (C=O) groups is 1. The lowest BCUT2D eigenvalue weighted by atomic mass is 10.1. The molecule has 0 bridgehead atoms. The zero-order chi connectivity index (χ0) is 14.0. The Hall–Kier alpha value is -1.71. The summed E-state index contributed by atoms with van der Waals surface area (Å²) in [5.74, 6) is -0.679. The van der Waals surface area contributed by atoms with Gasteiger partial charge in [-0.05, 0) is 5.53 Å². The van der Waals surface area contributed by atoms with Crippen LogP contribution in [0, 0.1) is 0 Å². The van der Waals surface area contributed by atoms with Crippen molar-refractivity contribution in [2.75, 3.05) is 6.54 Å². The molecule has 1 aliphatic rings. The molecule has 1 saturated heterocycles. The number of rotatable bonds is 4. The Bertz CT molecular complexity index is 528. The van der Waals surface area contributed by atoms with Crippen LogP contribution in [0.3, 0.4) is 0 Å². The monoisotopic (exact) mass is 285 g/mol. The van der Waals surface area contributed by atoms with Crippen LogP contribution in [-0.4, -0.2) is 46.0 Å². The van der Waals surface area contributed by atoms with Gasteiger partial charge in [-0.3, -0.25) is 4.79 Å². The average molecular weight is 285 g/mol. The molecule has 19 heavy (non-hydrogen) atoms. The number of aliphatic hydroxyl groups excluding tert-OH is 2. The lowest BCUT2D eigenvalue weighted by Crippen LogP contribution is -2.32. The fourth-order valence-corrected chi connectivity index (χ4v) is 2.63. The van der Waals surface area contributed by atoms with Crippen molar-refractivity contribution in [1.82, 2.24) is 4.98 Å². The van der Waals surface area contributed by atoms with E-state index in [1.165, 1.54) is 5.38 Å². The van der Waals surface area contributed by atoms with Crippen LogP contribution in [0.4, 0.5) is 0 Å². The summed E-state index contributed by atoms with van der Waals surface area (Å²) in [7, 11) is 0. The summed E-state index contributed by atoms with van der Waals surface area (Å²) in [6, 6.07) is 0. The van der Waals surface area contributed by atoms with Crippen LogP contribution in [0.5, 0.6) is 0 Å². The first kappa shape index (κ1) is 13.7. The maximum Gasteiger partial charge on any atom is 0.268 e. The Kier molecular flexibility index (Phi) is 3.98. The number of amides is 1. The van der Waals surface area contributed by atoms with E-state index in [0.29, 0.717) is 5.01 Å². The Morgan fingerprint density at radius 1 is 1.63 bits per heavy atom. The number of nitrogens with two attached hydrogens (primary N) is 1. The fourth-order valence-electron chi connectivity index (χ4n) is 1.75. The smallest absolute Gasteiger partial charge is 0.268 e. The predicted octanol–water partition coefficient (Wildman–Crippen LogP) is -0.286. The van der Waals surface area contributed by atoms with Gasteiger partial charge in [0.05, 0.1) is 12.6 Å². The van der Waals surface area contributed by atoms with E-state index in [9.17, 15) is 15.0 Å². The number of aliphatic hydroxyl groups is 2. The highest BCUT2D eigenvalue weighted by molar-refractivity contribution is 7.09. The van der Waals surface area contributed by atoms with Crippen LogP contribution in [0.2, 0.25) is 0 Å². The quantitative estimate of drug-likeness (QED) is 0.394. The van der Waals surface area contributed by atoms with Crippen molar-refractivity contribution in [3.8, 4) is 0 Å². The van der Waals surface area contributed by atoms with Crippen molar-refractivity contribution in [1.29, 1.82) is 0 Å². The summed E-state index contributed by atoms with van der Waals surface area (Å²) in [6.07, 6.45) is -4.06. The Morgan fingerprint density at radius 3 is 2.95 bits per heavy atom. The van der Waals surface area contributed by atoms with Crippen LogP contribution in [0.25, 0.3) is 10.4 Å². The number of carbonyl (C=O) groups excluding carboxylic acids is 1. The molecule has 2 rings (SSSR count).